The van der Waals surface area contributed by atoms with Gasteiger partial charge in [-0.1, -0.05) is 30.3 Å². The molecule has 0 saturated carbocycles. The predicted molar refractivity (Wildman–Crippen MR) is 107 cm³/mol. The molecule has 0 aliphatic heterocycles. The van der Waals surface area contributed by atoms with Crippen LogP contribution >= 0.6 is 0 Å². The van der Waals surface area contributed by atoms with Gasteiger partial charge in [0.1, 0.15) is 0 Å². The highest BCUT2D eigenvalue weighted by Crippen LogP contribution is 2.16. The predicted octanol–water partition coefficient (Wildman–Crippen LogP) is 2.47. The molecule has 0 radical (unpaired) electrons. The summed E-state index contributed by atoms with van der Waals surface area (Å²) in [5.74, 6) is -0.277. The molecule has 28 heavy (non-hydrogen) atoms. The van der Waals surface area contributed by atoms with Crippen LogP contribution in [0.1, 0.15) is 15.9 Å². The Morgan fingerprint density at radius 3 is 2.39 bits per heavy atom. The standard InChI is InChI=1S/C20H20N4O3S/c1-2-12-23-28(26,27)18-9-7-17(8-10-18)20(25)21-14-15-3-5-16(6-4-15)19-11-13-22-24-19/h2-11,13,23H,1,12,14H2,(H,21,25)(H,22,24). The molecule has 0 aliphatic carbocycles. The molecule has 3 N–H and O–H groups in total. The summed E-state index contributed by atoms with van der Waals surface area (Å²) >= 11 is 0. The van der Waals surface area contributed by atoms with Gasteiger partial charge in [-0.3, -0.25) is 9.89 Å². The van der Waals surface area contributed by atoms with Gasteiger partial charge in [-0.15, -0.1) is 6.58 Å². The number of aromatic nitrogens is 2. The minimum Gasteiger partial charge on any atom is -0.348 e. The molecule has 0 bridgehead atoms. The van der Waals surface area contributed by atoms with E-state index in [9.17, 15) is 13.2 Å². The van der Waals surface area contributed by atoms with E-state index >= 15 is 0 Å². The first-order valence-electron chi connectivity index (χ1n) is 8.57. The van der Waals surface area contributed by atoms with Gasteiger partial charge < -0.3 is 5.32 Å². The molecular formula is C20H20N4O3S. The van der Waals surface area contributed by atoms with Crippen LogP contribution in [0.4, 0.5) is 0 Å². The summed E-state index contributed by atoms with van der Waals surface area (Å²) in [6.45, 7) is 3.98. The van der Waals surface area contributed by atoms with Crippen molar-refractivity contribution in [3.8, 4) is 11.3 Å². The summed E-state index contributed by atoms with van der Waals surface area (Å²) in [5.41, 5.74) is 3.27. The SMILES string of the molecule is C=CCNS(=O)(=O)c1ccc(C(=O)NCc2ccc(-c3ccn[nH]3)cc2)cc1. The molecule has 7 nitrogen and oxygen atoms in total. The lowest BCUT2D eigenvalue weighted by Crippen LogP contribution is -2.24. The summed E-state index contributed by atoms with van der Waals surface area (Å²) in [6.07, 6.45) is 3.15. The first-order chi connectivity index (χ1) is 13.5. The number of carbonyl (C=O) groups excluding carboxylic acids is 1. The summed E-state index contributed by atoms with van der Waals surface area (Å²) in [5, 5.41) is 9.65. The maximum Gasteiger partial charge on any atom is 0.251 e. The van der Waals surface area contributed by atoms with Gasteiger partial charge in [0, 0.05) is 24.8 Å². The highest BCUT2D eigenvalue weighted by Gasteiger charge is 2.14. The lowest BCUT2D eigenvalue weighted by molar-refractivity contribution is 0.0951. The van der Waals surface area contributed by atoms with Crippen LogP contribution in [0.3, 0.4) is 0 Å². The molecule has 144 valence electrons. The Kier molecular flexibility index (Phi) is 6.03. The van der Waals surface area contributed by atoms with Crippen molar-refractivity contribution in [2.75, 3.05) is 6.54 Å². The first kappa shape index (κ1) is 19.5. The Bertz CT molecular complexity index is 1040. The number of nitrogens with zero attached hydrogens (tertiary/aromatic N) is 1. The van der Waals surface area contributed by atoms with Gasteiger partial charge in [-0.2, -0.15) is 5.10 Å². The average molecular weight is 396 g/mol. The number of hydrogen-bond donors (Lipinski definition) is 3. The number of hydrogen-bond acceptors (Lipinski definition) is 4. The number of amides is 1. The molecule has 1 heterocycles. The van der Waals surface area contributed by atoms with Gasteiger partial charge >= 0.3 is 0 Å². The number of sulfonamides is 1. The fourth-order valence-electron chi connectivity index (χ4n) is 2.54. The number of H-pyrrole nitrogens is 1. The smallest absolute Gasteiger partial charge is 0.251 e. The first-order valence-corrected chi connectivity index (χ1v) is 10.1. The monoisotopic (exact) mass is 396 g/mol. The molecule has 2 aromatic carbocycles. The summed E-state index contributed by atoms with van der Waals surface area (Å²) in [7, 11) is -3.60. The van der Waals surface area contributed by atoms with Crippen LogP contribution < -0.4 is 10.0 Å². The third-order valence-corrected chi connectivity index (χ3v) is 5.50. The number of benzene rings is 2. The summed E-state index contributed by atoms with van der Waals surface area (Å²) < 4.78 is 26.4. The van der Waals surface area contributed by atoms with Crippen molar-refractivity contribution >= 4 is 15.9 Å². The highest BCUT2D eigenvalue weighted by atomic mass is 32.2. The molecular weight excluding hydrogens is 376 g/mol. The molecule has 1 aromatic heterocycles. The van der Waals surface area contributed by atoms with Crippen LogP contribution in [0.25, 0.3) is 11.3 Å². The molecule has 0 saturated heterocycles. The van der Waals surface area contributed by atoms with Crippen LogP contribution in [-0.4, -0.2) is 31.1 Å². The zero-order valence-corrected chi connectivity index (χ0v) is 15.9. The van der Waals surface area contributed by atoms with Crippen LogP contribution in [0.2, 0.25) is 0 Å². The van der Waals surface area contributed by atoms with Gasteiger partial charge in [-0.25, -0.2) is 13.1 Å². The normalized spacial score (nSPS) is 11.1. The van der Waals surface area contributed by atoms with E-state index in [1.165, 1.54) is 30.3 Å². The third-order valence-electron chi connectivity index (χ3n) is 4.06. The number of rotatable bonds is 8. The summed E-state index contributed by atoms with van der Waals surface area (Å²) in [4.78, 5) is 12.4. The maximum atomic E-state index is 12.3. The van der Waals surface area contributed by atoms with Gasteiger partial charge in [0.2, 0.25) is 10.0 Å². The molecule has 3 aromatic rings. The van der Waals surface area contributed by atoms with E-state index in [-0.39, 0.29) is 17.3 Å². The minimum absolute atomic E-state index is 0.0975. The van der Waals surface area contributed by atoms with Crippen molar-refractivity contribution < 1.29 is 13.2 Å². The van der Waals surface area contributed by atoms with Crippen molar-refractivity contribution in [2.45, 2.75) is 11.4 Å². The van der Waals surface area contributed by atoms with Crippen LogP contribution in [0, 0.1) is 0 Å². The van der Waals surface area contributed by atoms with Crippen molar-refractivity contribution in [3.05, 3.63) is 84.6 Å². The van der Waals surface area contributed by atoms with Crippen molar-refractivity contribution in [1.29, 1.82) is 0 Å². The fraction of sp³-hybridized carbons (Fsp3) is 0.100. The van der Waals surface area contributed by atoms with Crippen LogP contribution in [0.5, 0.6) is 0 Å². The molecule has 1 amide bonds. The van der Waals surface area contributed by atoms with Gasteiger partial charge in [0.15, 0.2) is 0 Å². The highest BCUT2D eigenvalue weighted by molar-refractivity contribution is 7.89. The molecule has 0 atom stereocenters. The molecule has 0 fully saturated rings. The number of aromatic amines is 1. The third kappa shape index (κ3) is 4.73. The molecule has 8 heteroatoms. The lowest BCUT2D eigenvalue weighted by Gasteiger charge is -2.08. The van der Waals surface area contributed by atoms with E-state index in [4.69, 9.17) is 0 Å². The lowest BCUT2D eigenvalue weighted by atomic mass is 10.1. The van der Waals surface area contributed by atoms with Crippen molar-refractivity contribution in [3.63, 3.8) is 0 Å². The van der Waals surface area contributed by atoms with Crippen LogP contribution in [-0.2, 0) is 16.6 Å². The molecule has 0 aliphatic rings. The Hall–Kier alpha value is -3.23. The quantitative estimate of drug-likeness (QED) is 0.509. The second-order valence-electron chi connectivity index (χ2n) is 6.01. The second kappa shape index (κ2) is 8.64. The van der Waals surface area contributed by atoms with Gasteiger partial charge in [0.25, 0.3) is 5.91 Å². The summed E-state index contributed by atoms with van der Waals surface area (Å²) in [6, 6.07) is 15.4. The van der Waals surface area contributed by atoms with Crippen molar-refractivity contribution in [1.82, 2.24) is 20.2 Å². The van der Waals surface area contributed by atoms with E-state index in [1.807, 2.05) is 30.3 Å². The second-order valence-corrected chi connectivity index (χ2v) is 7.78. The van der Waals surface area contributed by atoms with Crippen molar-refractivity contribution in [2.24, 2.45) is 0 Å². The van der Waals surface area contributed by atoms with E-state index in [0.717, 1.165) is 16.8 Å². The molecule has 3 rings (SSSR count). The van der Waals surface area contributed by atoms with E-state index in [1.54, 1.807) is 6.20 Å². The van der Waals surface area contributed by atoms with E-state index < -0.39 is 10.0 Å². The Morgan fingerprint density at radius 2 is 1.79 bits per heavy atom. The van der Waals surface area contributed by atoms with E-state index in [0.29, 0.717) is 12.1 Å². The topological polar surface area (TPSA) is 104 Å². The van der Waals surface area contributed by atoms with E-state index in [2.05, 4.69) is 26.8 Å². The zero-order valence-electron chi connectivity index (χ0n) is 15.1. The minimum atomic E-state index is -3.60. The van der Waals surface area contributed by atoms with Crippen LogP contribution in [0.15, 0.2) is 78.3 Å². The maximum absolute atomic E-state index is 12.3. The van der Waals surface area contributed by atoms with Gasteiger partial charge in [-0.05, 0) is 41.5 Å². The Balaban J connectivity index is 1.59. The Morgan fingerprint density at radius 1 is 1.07 bits per heavy atom. The largest absolute Gasteiger partial charge is 0.348 e. The average Bonchev–Trinajstić information content (AvgIpc) is 3.26. The molecule has 0 spiro atoms. The number of carbonyl (C=O) groups is 1. The fourth-order valence-corrected chi connectivity index (χ4v) is 3.54. The number of nitrogens with one attached hydrogen (secondary N) is 3. The van der Waals surface area contributed by atoms with Gasteiger partial charge in [0.05, 0.1) is 10.6 Å². The zero-order chi connectivity index (χ0) is 20.0. The Labute approximate surface area is 163 Å². The molecule has 0 unspecified atom stereocenters.